The molecule has 0 aliphatic heterocycles. The summed E-state index contributed by atoms with van der Waals surface area (Å²) in [6.45, 7) is 2.94. The van der Waals surface area contributed by atoms with Gasteiger partial charge in [-0.05, 0) is 56.4 Å². The summed E-state index contributed by atoms with van der Waals surface area (Å²) in [7, 11) is 0. The molecule has 2 fully saturated rings. The average molecular weight is 252 g/mol. The van der Waals surface area contributed by atoms with Crippen molar-refractivity contribution in [2.24, 2.45) is 17.1 Å². The number of carbonyl (C=O) groups excluding carboxylic acids is 1. The van der Waals surface area contributed by atoms with Crippen LogP contribution in [0.4, 0.5) is 0 Å². The molecule has 2 aliphatic carbocycles. The molecule has 2 aliphatic rings. The first-order chi connectivity index (χ1) is 8.67. The summed E-state index contributed by atoms with van der Waals surface area (Å²) in [5.74, 6) is 1.13. The van der Waals surface area contributed by atoms with Gasteiger partial charge in [0.05, 0.1) is 0 Å². The molecule has 0 radical (unpaired) electrons. The third-order valence-corrected chi connectivity index (χ3v) is 5.17. The molecule has 0 heterocycles. The predicted molar refractivity (Wildman–Crippen MR) is 74.1 cm³/mol. The Morgan fingerprint density at radius 3 is 2.39 bits per heavy atom. The molecule has 0 bridgehead atoms. The lowest BCUT2D eigenvalue weighted by atomic mass is 9.66. The third-order valence-electron chi connectivity index (χ3n) is 5.17. The van der Waals surface area contributed by atoms with Crippen LogP contribution in [0.5, 0.6) is 0 Å². The molecular weight excluding hydrogens is 224 g/mol. The van der Waals surface area contributed by atoms with Crippen molar-refractivity contribution in [2.45, 2.75) is 70.8 Å². The van der Waals surface area contributed by atoms with E-state index in [0.717, 1.165) is 18.8 Å². The molecule has 2 rings (SSSR count). The van der Waals surface area contributed by atoms with Gasteiger partial charge in [0, 0.05) is 12.5 Å². The summed E-state index contributed by atoms with van der Waals surface area (Å²) < 4.78 is 0. The standard InChI is InChI=1S/C15H28N2O/c1-2-12-4-6-13(7-5-12)17-14(18)10-15(11-16)8-3-9-15/h12-13H,2-11,16H2,1H3,(H,17,18). The number of amides is 1. The number of rotatable bonds is 5. The molecule has 0 spiro atoms. The Labute approximate surface area is 111 Å². The molecule has 0 atom stereocenters. The van der Waals surface area contributed by atoms with Crippen LogP contribution in [0, 0.1) is 11.3 Å². The van der Waals surface area contributed by atoms with Crippen molar-refractivity contribution < 1.29 is 4.79 Å². The average Bonchev–Trinajstić information content (AvgIpc) is 2.35. The van der Waals surface area contributed by atoms with E-state index in [2.05, 4.69) is 12.2 Å². The fourth-order valence-corrected chi connectivity index (χ4v) is 3.46. The summed E-state index contributed by atoms with van der Waals surface area (Å²) >= 11 is 0. The molecule has 0 aromatic heterocycles. The number of nitrogens with two attached hydrogens (primary N) is 1. The minimum atomic E-state index is 0.144. The van der Waals surface area contributed by atoms with Gasteiger partial charge in [-0.15, -0.1) is 0 Å². The van der Waals surface area contributed by atoms with Crippen molar-refractivity contribution in [3.63, 3.8) is 0 Å². The number of nitrogens with one attached hydrogen (secondary N) is 1. The van der Waals surface area contributed by atoms with Gasteiger partial charge in [-0.2, -0.15) is 0 Å². The Balaban J connectivity index is 1.71. The predicted octanol–water partition coefficient (Wildman–Crippen LogP) is 2.59. The van der Waals surface area contributed by atoms with Crippen LogP contribution < -0.4 is 11.1 Å². The summed E-state index contributed by atoms with van der Waals surface area (Å²) in [5, 5.41) is 3.23. The first-order valence-electron chi connectivity index (χ1n) is 7.67. The highest BCUT2D eigenvalue weighted by Crippen LogP contribution is 2.42. The minimum absolute atomic E-state index is 0.144. The lowest BCUT2D eigenvalue weighted by molar-refractivity contribution is -0.125. The highest BCUT2D eigenvalue weighted by atomic mass is 16.1. The van der Waals surface area contributed by atoms with Crippen molar-refractivity contribution in [1.82, 2.24) is 5.32 Å². The van der Waals surface area contributed by atoms with Gasteiger partial charge in [-0.25, -0.2) is 0 Å². The van der Waals surface area contributed by atoms with E-state index in [-0.39, 0.29) is 11.3 Å². The topological polar surface area (TPSA) is 55.1 Å². The molecular formula is C15H28N2O. The molecule has 1 amide bonds. The van der Waals surface area contributed by atoms with Crippen molar-refractivity contribution in [3.05, 3.63) is 0 Å². The van der Waals surface area contributed by atoms with E-state index >= 15 is 0 Å². The number of hydrogen-bond donors (Lipinski definition) is 2. The van der Waals surface area contributed by atoms with Gasteiger partial charge >= 0.3 is 0 Å². The highest BCUT2D eigenvalue weighted by molar-refractivity contribution is 5.77. The zero-order valence-electron chi connectivity index (χ0n) is 11.7. The van der Waals surface area contributed by atoms with Gasteiger partial charge in [0.25, 0.3) is 0 Å². The Morgan fingerprint density at radius 1 is 1.28 bits per heavy atom. The van der Waals surface area contributed by atoms with E-state index in [9.17, 15) is 4.79 Å². The van der Waals surface area contributed by atoms with Gasteiger partial charge < -0.3 is 11.1 Å². The summed E-state index contributed by atoms with van der Waals surface area (Å²) in [4.78, 5) is 12.1. The van der Waals surface area contributed by atoms with Gasteiger partial charge in [0.15, 0.2) is 0 Å². The van der Waals surface area contributed by atoms with E-state index in [1.54, 1.807) is 0 Å². The van der Waals surface area contributed by atoms with Crippen LogP contribution >= 0.6 is 0 Å². The molecule has 0 unspecified atom stereocenters. The van der Waals surface area contributed by atoms with Crippen LogP contribution in [0.2, 0.25) is 0 Å². The molecule has 3 nitrogen and oxygen atoms in total. The lowest BCUT2D eigenvalue weighted by Crippen LogP contribution is -2.45. The second-order valence-electron chi connectivity index (χ2n) is 6.43. The van der Waals surface area contributed by atoms with Crippen LogP contribution in [-0.2, 0) is 4.79 Å². The van der Waals surface area contributed by atoms with E-state index in [1.807, 2.05) is 0 Å². The smallest absolute Gasteiger partial charge is 0.220 e. The van der Waals surface area contributed by atoms with E-state index in [0.29, 0.717) is 19.0 Å². The Hall–Kier alpha value is -0.570. The van der Waals surface area contributed by atoms with E-state index in [4.69, 9.17) is 5.73 Å². The van der Waals surface area contributed by atoms with Crippen molar-refractivity contribution in [3.8, 4) is 0 Å². The largest absolute Gasteiger partial charge is 0.353 e. The second-order valence-corrected chi connectivity index (χ2v) is 6.43. The molecule has 0 saturated heterocycles. The van der Waals surface area contributed by atoms with Crippen LogP contribution in [0.25, 0.3) is 0 Å². The minimum Gasteiger partial charge on any atom is -0.353 e. The van der Waals surface area contributed by atoms with E-state index in [1.165, 1.54) is 38.5 Å². The molecule has 18 heavy (non-hydrogen) atoms. The zero-order valence-corrected chi connectivity index (χ0v) is 11.7. The fraction of sp³-hybridized carbons (Fsp3) is 0.933. The van der Waals surface area contributed by atoms with Crippen molar-refractivity contribution in [1.29, 1.82) is 0 Å². The van der Waals surface area contributed by atoms with Crippen LogP contribution in [0.3, 0.4) is 0 Å². The molecule has 3 N–H and O–H groups in total. The Bertz CT molecular complexity index is 273. The second kappa shape index (κ2) is 6.05. The molecule has 104 valence electrons. The van der Waals surface area contributed by atoms with E-state index < -0.39 is 0 Å². The quantitative estimate of drug-likeness (QED) is 0.790. The summed E-state index contributed by atoms with van der Waals surface area (Å²) in [6, 6.07) is 0.426. The van der Waals surface area contributed by atoms with Gasteiger partial charge in [0.2, 0.25) is 5.91 Å². The third kappa shape index (κ3) is 3.25. The fourth-order valence-electron chi connectivity index (χ4n) is 3.46. The molecule has 3 heteroatoms. The van der Waals surface area contributed by atoms with Crippen LogP contribution in [-0.4, -0.2) is 18.5 Å². The number of hydrogen-bond acceptors (Lipinski definition) is 2. The molecule has 0 aromatic carbocycles. The zero-order chi connectivity index (χ0) is 13.0. The normalized spacial score (nSPS) is 30.6. The SMILES string of the molecule is CCC1CCC(NC(=O)CC2(CN)CCC2)CC1. The maximum atomic E-state index is 12.1. The van der Waals surface area contributed by atoms with Gasteiger partial charge in [-0.3, -0.25) is 4.79 Å². The molecule has 2 saturated carbocycles. The summed E-state index contributed by atoms with van der Waals surface area (Å²) in [6.07, 6.45) is 10.4. The summed E-state index contributed by atoms with van der Waals surface area (Å²) in [5.41, 5.74) is 5.95. The molecule has 0 aromatic rings. The van der Waals surface area contributed by atoms with Crippen molar-refractivity contribution in [2.75, 3.05) is 6.54 Å². The van der Waals surface area contributed by atoms with Gasteiger partial charge in [-0.1, -0.05) is 19.8 Å². The van der Waals surface area contributed by atoms with Gasteiger partial charge in [0.1, 0.15) is 0 Å². The van der Waals surface area contributed by atoms with Crippen molar-refractivity contribution >= 4 is 5.91 Å². The highest BCUT2D eigenvalue weighted by Gasteiger charge is 2.37. The first-order valence-corrected chi connectivity index (χ1v) is 7.67. The van der Waals surface area contributed by atoms with Crippen LogP contribution in [0.1, 0.15) is 64.7 Å². The Morgan fingerprint density at radius 2 is 1.94 bits per heavy atom. The van der Waals surface area contributed by atoms with Crippen LogP contribution in [0.15, 0.2) is 0 Å². The Kier molecular flexibility index (Phi) is 4.66. The maximum Gasteiger partial charge on any atom is 0.220 e. The lowest BCUT2D eigenvalue weighted by Gasteiger charge is -2.41. The number of carbonyl (C=O) groups is 1. The monoisotopic (exact) mass is 252 g/mol. The first kappa shape index (κ1) is 13.9. The maximum absolute atomic E-state index is 12.1.